The smallest absolute Gasteiger partial charge is 0.272 e. The molecule has 0 fully saturated rings. The van der Waals surface area contributed by atoms with Gasteiger partial charge in [-0.2, -0.15) is 4.98 Å². The van der Waals surface area contributed by atoms with Gasteiger partial charge in [-0.15, -0.1) is 0 Å². The molecule has 2 aromatic rings. The Kier molecular flexibility index (Phi) is 3.66. The van der Waals surface area contributed by atoms with Gasteiger partial charge in [0.25, 0.3) is 6.43 Å². The second kappa shape index (κ2) is 5.39. The number of ether oxygens (including phenoxy) is 1. The van der Waals surface area contributed by atoms with Crippen LogP contribution in [0.4, 0.5) is 14.6 Å². The van der Waals surface area contributed by atoms with E-state index in [0.717, 1.165) is 5.56 Å². The highest BCUT2D eigenvalue weighted by Gasteiger charge is 2.08. The van der Waals surface area contributed by atoms with Crippen molar-refractivity contribution >= 4 is 5.82 Å². The summed E-state index contributed by atoms with van der Waals surface area (Å²) < 4.78 is 28.9. The Morgan fingerprint density at radius 3 is 2.56 bits per heavy atom. The molecule has 1 aromatic heterocycles. The van der Waals surface area contributed by atoms with E-state index in [-0.39, 0.29) is 11.7 Å². The SMILES string of the molecule is Nc1cc(OCC(F)F)nc(-c2ccccc2)n1. The Labute approximate surface area is 102 Å². The molecule has 0 aliphatic rings. The lowest BCUT2D eigenvalue weighted by molar-refractivity contribution is 0.0796. The first-order valence-electron chi connectivity index (χ1n) is 5.26. The van der Waals surface area contributed by atoms with Gasteiger partial charge in [-0.25, -0.2) is 13.8 Å². The number of nitrogens with two attached hydrogens (primary N) is 1. The molecule has 0 unspecified atom stereocenters. The van der Waals surface area contributed by atoms with E-state index in [4.69, 9.17) is 10.5 Å². The summed E-state index contributed by atoms with van der Waals surface area (Å²) in [4.78, 5) is 8.06. The van der Waals surface area contributed by atoms with Crippen LogP contribution in [0.1, 0.15) is 0 Å². The second-order valence-corrected chi connectivity index (χ2v) is 3.52. The number of halogens is 2. The number of aromatic nitrogens is 2. The summed E-state index contributed by atoms with van der Waals surface area (Å²) in [6.45, 7) is -0.718. The first-order valence-corrected chi connectivity index (χ1v) is 5.26. The molecule has 2 N–H and O–H groups in total. The van der Waals surface area contributed by atoms with E-state index in [2.05, 4.69) is 9.97 Å². The highest BCUT2D eigenvalue weighted by molar-refractivity contribution is 5.57. The van der Waals surface area contributed by atoms with Crippen molar-refractivity contribution in [2.24, 2.45) is 0 Å². The quantitative estimate of drug-likeness (QED) is 0.906. The van der Waals surface area contributed by atoms with Crippen molar-refractivity contribution in [2.45, 2.75) is 6.43 Å². The molecule has 1 heterocycles. The van der Waals surface area contributed by atoms with E-state index < -0.39 is 13.0 Å². The van der Waals surface area contributed by atoms with Crippen LogP contribution < -0.4 is 10.5 Å². The van der Waals surface area contributed by atoms with Crippen LogP contribution in [0.15, 0.2) is 36.4 Å². The van der Waals surface area contributed by atoms with Gasteiger partial charge in [-0.1, -0.05) is 30.3 Å². The average Bonchev–Trinajstić information content (AvgIpc) is 2.37. The van der Waals surface area contributed by atoms with Crippen molar-refractivity contribution < 1.29 is 13.5 Å². The minimum absolute atomic E-state index is 0.0432. The number of nitrogens with zero attached hydrogens (tertiary/aromatic N) is 2. The number of benzene rings is 1. The Morgan fingerprint density at radius 1 is 1.17 bits per heavy atom. The van der Waals surface area contributed by atoms with Gasteiger partial charge in [0.05, 0.1) is 0 Å². The summed E-state index contributed by atoms with van der Waals surface area (Å²) in [7, 11) is 0. The first-order chi connectivity index (χ1) is 8.65. The van der Waals surface area contributed by atoms with Crippen molar-refractivity contribution in [3.8, 4) is 17.3 Å². The third kappa shape index (κ3) is 3.13. The molecule has 0 amide bonds. The van der Waals surface area contributed by atoms with Gasteiger partial charge < -0.3 is 10.5 Å². The van der Waals surface area contributed by atoms with Crippen LogP contribution in [0.3, 0.4) is 0 Å². The molecule has 1 aromatic carbocycles. The number of hydrogen-bond donors (Lipinski definition) is 1. The molecular weight excluding hydrogens is 240 g/mol. The Bertz CT molecular complexity index is 520. The Balaban J connectivity index is 2.27. The summed E-state index contributed by atoms with van der Waals surface area (Å²) in [6.07, 6.45) is -2.55. The predicted octanol–water partition coefficient (Wildman–Crippen LogP) is 2.37. The first kappa shape index (κ1) is 12.2. The molecule has 0 aliphatic carbocycles. The Hall–Kier alpha value is -2.24. The van der Waals surface area contributed by atoms with Gasteiger partial charge in [0.2, 0.25) is 5.88 Å². The summed E-state index contributed by atoms with van der Waals surface area (Å²) in [5.74, 6) is 0.564. The Morgan fingerprint density at radius 2 is 1.89 bits per heavy atom. The number of alkyl halides is 2. The standard InChI is InChI=1S/C12H11F2N3O/c13-9(14)7-18-11-6-10(15)16-12(17-11)8-4-2-1-3-5-8/h1-6,9H,7H2,(H2,15,16,17). The molecule has 0 bridgehead atoms. The normalized spacial score (nSPS) is 10.6. The van der Waals surface area contributed by atoms with Crippen molar-refractivity contribution in [2.75, 3.05) is 12.3 Å². The third-order valence-electron chi connectivity index (χ3n) is 2.11. The zero-order valence-corrected chi connectivity index (χ0v) is 9.38. The fourth-order valence-corrected chi connectivity index (χ4v) is 1.38. The molecule has 6 heteroatoms. The van der Waals surface area contributed by atoms with Gasteiger partial charge >= 0.3 is 0 Å². The largest absolute Gasteiger partial charge is 0.471 e. The molecule has 0 spiro atoms. The number of anilines is 1. The van der Waals surface area contributed by atoms with Crippen LogP contribution in [-0.4, -0.2) is 23.0 Å². The molecule has 0 saturated heterocycles. The highest BCUT2D eigenvalue weighted by Crippen LogP contribution is 2.20. The molecule has 0 saturated carbocycles. The number of nitrogen functional groups attached to an aromatic ring is 1. The summed E-state index contributed by atoms with van der Waals surface area (Å²) >= 11 is 0. The molecule has 0 radical (unpaired) electrons. The van der Waals surface area contributed by atoms with Crippen LogP contribution in [0.25, 0.3) is 11.4 Å². The van der Waals surface area contributed by atoms with Crippen LogP contribution >= 0.6 is 0 Å². The molecule has 0 atom stereocenters. The van der Waals surface area contributed by atoms with Gasteiger partial charge in [0, 0.05) is 11.6 Å². The number of rotatable bonds is 4. The maximum Gasteiger partial charge on any atom is 0.272 e. The van der Waals surface area contributed by atoms with E-state index in [0.29, 0.717) is 5.82 Å². The number of hydrogen-bond acceptors (Lipinski definition) is 4. The van der Waals surface area contributed by atoms with Crippen molar-refractivity contribution in [3.63, 3.8) is 0 Å². The van der Waals surface area contributed by atoms with E-state index in [1.54, 1.807) is 12.1 Å². The lowest BCUT2D eigenvalue weighted by atomic mass is 10.2. The predicted molar refractivity (Wildman–Crippen MR) is 63.4 cm³/mol. The summed E-state index contributed by atoms with van der Waals surface area (Å²) in [5.41, 5.74) is 6.33. The van der Waals surface area contributed by atoms with Crippen LogP contribution in [0.5, 0.6) is 5.88 Å². The van der Waals surface area contributed by atoms with E-state index in [1.807, 2.05) is 18.2 Å². The second-order valence-electron chi connectivity index (χ2n) is 3.52. The van der Waals surface area contributed by atoms with Crippen molar-refractivity contribution in [1.29, 1.82) is 0 Å². The third-order valence-corrected chi connectivity index (χ3v) is 2.11. The highest BCUT2D eigenvalue weighted by atomic mass is 19.3. The van der Waals surface area contributed by atoms with Crippen LogP contribution in [0, 0.1) is 0 Å². The molecule has 18 heavy (non-hydrogen) atoms. The van der Waals surface area contributed by atoms with Crippen LogP contribution in [0.2, 0.25) is 0 Å². The summed E-state index contributed by atoms with van der Waals surface area (Å²) in [6, 6.07) is 10.4. The molecular formula is C12H11F2N3O. The average molecular weight is 251 g/mol. The van der Waals surface area contributed by atoms with E-state index in [9.17, 15) is 8.78 Å². The van der Waals surface area contributed by atoms with Gasteiger partial charge in [-0.3, -0.25) is 0 Å². The van der Waals surface area contributed by atoms with E-state index >= 15 is 0 Å². The molecule has 0 aliphatic heterocycles. The van der Waals surface area contributed by atoms with Crippen molar-refractivity contribution in [1.82, 2.24) is 9.97 Å². The van der Waals surface area contributed by atoms with Gasteiger partial charge in [0.1, 0.15) is 5.82 Å². The minimum atomic E-state index is -2.55. The fourth-order valence-electron chi connectivity index (χ4n) is 1.38. The molecule has 94 valence electrons. The molecule has 2 rings (SSSR count). The maximum absolute atomic E-state index is 12.0. The van der Waals surface area contributed by atoms with Crippen LogP contribution in [-0.2, 0) is 0 Å². The summed E-state index contributed by atoms with van der Waals surface area (Å²) in [5, 5.41) is 0. The van der Waals surface area contributed by atoms with Crippen molar-refractivity contribution in [3.05, 3.63) is 36.4 Å². The fraction of sp³-hybridized carbons (Fsp3) is 0.167. The maximum atomic E-state index is 12.0. The minimum Gasteiger partial charge on any atom is -0.471 e. The van der Waals surface area contributed by atoms with Gasteiger partial charge in [0.15, 0.2) is 12.4 Å². The lowest BCUT2D eigenvalue weighted by Gasteiger charge is -2.07. The zero-order chi connectivity index (χ0) is 13.0. The molecule has 4 nitrogen and oxygen atoms in total. The topological polar surface area (TPSA) is 61.0 Å². The lowest BCUT2D eigenvalue weighted by Crippen LogP contribution is -2.09. The zero-order valence-electron chi connectivity index (χ0n) is 9.38. The monoisotopic (exact) mass is 251 g/mol. The van der Waals surface area contributed by atoms with E-state index in [1.165, 1.54) is 6.07 Å². The van der Waals surface area contributed by atoms with Gasteiger partial charge in [-0.05, 0) is 0 Å².